The molecule has 2 amide bonds. The lowest BCUT2D eigenvalue weighted by Gasteiger charge is -2.35. The molecule has 164 valence electrons. The van der Waals surface area contributed by atoms with Crippen molar-refractivity contribution in [2.24, 2.45) is 0 Å². The van der Waals surface area contributed by atoms with E-state index in [1.165, 1.54) is 0 Å². The van der Waals surface area contributed by atoms with Gasteiger partial charge in [-0.25, -0.2) is 4.79 Å². The minimum absolute atomic E-state index is 0.0625. The van der Waals surface area contributed by atoms with Crippen LogP contribution in [-0.4, -0.2) is 60.6 Å². The summed E-state index contributed by atoms with van der Waals surface area (Å²) >= 11 is 6.15. The second-order valence-electron chi connectivity index (χ2n) is 7.07. The Morgan fingerprint density at radius 1 is 0.935 bits per heavy atom. The topological polar surface area (TPSA) is 76.2 Å². The summed E-state index contributed by atoms with van der Waals surface area (Å²) in [6.45, 7) is 3.85. The van der Waals surface area contributed by atoms with Gasteiger partial charge in [-0.2, -0.15) is 0 Å². The highest BCUT2D eigenvalue weighted by Crippen LogP contribution is 2.18. The van der Waals surface area contributed by atoms with E-state index < -0.39 is 6.16 Å². The smallest absolute Gasteiger partial charge is 0.434 e. The third kappa shape index (κ3) is 6.21. The summed E-state index contributed by atoms with van der Waals surface area (Å²) in [5.74, 6) is 0.252. The van der Waals surface area contributed by atoms with E-state index in [0.29, 0.717) is 55.4 Å². The number of hydrogen-bond acceptors (Lipinski definition) is 5. The van der Waals surface area contributed by atoms with Gasteiger partial charge in [0.25, 0.3) is 5.91 Å². The molecule has 1 aliphatic heterocycles. The minimum Gasteiger partial charge on any atom is -0.434 e. The Bertz CT molecular complexity index is 924. The SMILES string of the molecule is CCOC(=O)Oc1ccc(C(=O)N2CCN(C(=O)CCc3ccccc3Cl)CC2)cc1. The van der Waals surface area contributed by atoms with Crippen molar-refractivity contribution in [3.8, 4) is 5.75 Å². The largest absolute Gasteiger partial charge is 0.513 e. The molecule has 1 saturated heterocycles. The molecule has 1 heterocycles. The van der Waals surface area contributed by atoms with E-state index in [2.05, 4.69) is 0 Å². The molecular formula is C23H25ClN2O5. The predicted molar refractivity (Wildman–Crippen MR) is 116 cm³/mol. The lowest BCUT2D eigenvalue weighted by Crippen LogP contribution is -2.50. The normalized spacial score (nSPS) is 13.6. The number of ether oxygens (including phenoxy) is 2. The molecule has 0 unspecified atom stereocenters. The molecule has 3 rings (SSSR count). The van der Waals surface area contributed by atoms with Crippen LogP contribution in [0.1, 0.15) is 29.3 Å². The molecule has 0 bridgehead atoms. The van der Waals surface area contributed by atoms with Crippen molar-refractivity contribution in [3.05, 3.63) is 64.7 Å². The molecule has 1 fully saturated rings. The molecule has 0 saturated carbocycles. The Labute approximate surface area is 186 Å². The zero-order chi connectivity index (χ0) is 22.2. The first-order valence-corrected chi connectivity index (χ1v) is 10.6. The van der Waals surface area contributed by atoms with E-state index in [1.54, 1.807) is 41.0 Å². The van der Waals surface area contributed by atoms with Crippen LogP contribution in [0.4, 0.5) is 4.79 Å². The Kier molecular flexibility index (Phi) is 7.89. The Morgan fingerprint density at radius 2 is 1.58 bits per heavy atom. The number of piperazine rings is 1. The van der Waals surface area contributed by atoms with Gasteiger partial charge in [0.1, 0.15) is 5.75 Å². The van der Waals surface area contributed by atoms with Gasteiger partial charge < -0.3 is 19.3 Å². The lowest BCUT2D eigenvalue weighted by molar-refractivity contribution is -0.132. The summed E-state index contributed by atoms with van der Waals surface area (Å²) in [7, 11) is 0. The van der Waals surface area contributed by atoms with Crippen molar-refractivity contribution in [3.63, 3.8) is 0 Å². The highest BCUT2D eigenvalue weighted by Gasteiger charge is 2.25. The molecule has 2 aromatic rings. The van der Waals surface area contributed by atoms with Crippen LogP contribution in [0.25, 0.3) is 0 Å². The molecular weight excluding hydrogens is 420 g/mol. The van der Waals surface area contributed by atoms with Crippen LogP contribution in [0.15, 0.2) is 48.5 Å². The molecule has 0 aromatic heterocycles. The first-order chi connectivity index (χ1) is 15.0. The van der Waals surface area contributed by atoms with Gasteiger partial charge in [0.05, 0.1) is 6.61 Å². The molecule has 0 spiro atoms. The summed E-state index contributed by atoms with van der Waals surface area (Å²) in [6, 6.07) is 13.8. The third-order valence-electron chi connectivity index (χ3n) is 5.05. The molecule has 0 atom stereocenters. The van der Waals surface area contributed by atoms with Gasteiger partial charge in [0.15, 0.2) is 0 Å². The second kappa shape index (κ2) is 10.8. The predicted octanol–water partition coefficient (Wildman–Crippen LogP) is 3.79. The van der Waals surface area contributed by atoms with Crippen LogP contribution in [0, 0.1) is 0 Å². The Morgan fingerprint density at radius 3 is 2.23 bits per heavy atom. The number of carbonyl (C=O) groups excluding carboxylic acids is 3. The van der Waals surface area contributed by atoms with Crippen LogP contribution < -0.4 is 4.74 Å². The van der Waals surface area contributed by atoms with E-state index in [4.69, 9.17) is 21.1 Å². The maximum Gasteiger partial charge on any atom is 0.513 e. The van der Waals surface area contributed by atoms with Gasteiger partial charge in [0.2, 0.25) is 5.91 Å². The van der Waals surface area contributed by atoms with Crippen LogP contribution in [0.3, 0.4) is 0 Å². The molecule has 2 aromatic carbocycles. The number of amides is 2. The quantitative estimate of drug-likeness (QED) is 0.500. The number of aryl methyl sites for hydroxylation is 1. The Balaban J connectivity index is 1.47. The minimum atomic E-state index is -0.781. The van der Waals surface area contributed by atoms with Gasteiger partial charge in [-0.3, -0.25) is 9.59 Å². The summed E-state index contributed by atoms with van der Waals surface area (Å²) in [5.41, 5.74) is 1.46. The van der Waals surface area contributed by atoms with Crippen molar-refractivity contribution >= 4 is 29.6 Å². The third-order valence-corrected chi connectivity index (χ3v) is 5.42. The number of carbonyl (C=O) groups is 3. The summed E-state index contributed by atoms with van der Waals surface area (Å²) < 4.78 is 9.72. The van der Waals surface area contributed by atoms with Gasteiger partial charge >= 0.3 is 6.16 Å². The van der Waals surface area contributed by atoms with Crippen molar-refractivity contribution in [2.75, 3.05) is 32.8 Å². The van der Waals surface area contributed by atoms with Crippen LogP contribution in [-0.2, 0) is 16.0 Å². The molecule has 8 heteroatoms. The summed E-state index contributed by atoms with van der Waals surface area (Å²) in [5, 5.41) is 0.671. The van der Waals surface area contributed by atoms with Gasteiger partial charge in [-0.15, -0.1) is 0 Å². The summed E-state index contributed by atoms with van der Waals surface area (Å²) in [6.07, 6.45) is 0.203. The van der Waals surface area contributed by atoms with Gasteiger partial charge in [-0.1, -0.05) is 29.8 Å². The van der Waals surface area contributed by atoms with E-state index >= 15 is 0 Å². The zero-order valence-electron chi connectivity index (χ0n) is 17.4. The maximum absolute atomic E-state index is 12.7. The molecule has 0 radical (unpaired) electrons. The molecule has 31 heavy (non-hydrogen) atoms. The zero-order valence-corrected chi connectivity index (χ0v) is 18.1. The maximum atomic E-state index is 12.7. The van der Waals surface area contributed by atoms with Crippen molar-refractivity contribution in [1.29, 1.82) is 0 Å². The van der Waals surface area contributed by atoms with Gasteiger partial charge in [-0.05, 0) is 49.2 Å². The van der Waals surface area contributed by atoms with Crippen molar-refractivity contribution < 1.29 is 23.9 Å². The number of rotatable bonds is 6. The van der Waals surface area contributed by atoms with E-state index in [0.717, 1.165) is 5.56 Å². The standard InChI is InChI=1S/C23H25ClN2O5/c1-2-30-23(29)31-19-10-7-18(8-11-19)22(28)26-15-13-25(14-16-26)21(27)12-9-17-5-3-4-6-20(17)24/h3-8,10-11H,2,9,12-16H2,1H3. The molecule has 0 N–H and O–H groups in total. The molecule has 7 nitrogen and oxygen atoms in total. The average molecular weight is 445 g/mol. The average Bonchev–Trinajstić information content (AvgIpc) is 2.78. The summed E-state index contributed by atoms with van der Waals surface area (Å²) in [4.78, 5) is 40.1. The monoisotopic (exact) mass is 444 g/mol. The highest BCUT2D eigenvalue weighted by molar-refractivity contribution is 6.31. The van der Waals surface area contributed by atoms with E-state index in [9.17, 15) is 14.4 Å². The first-order valence-electron chi connectivity index (χ1n) is 10.2. The number of halogens is 1. The number of nitrogens with zero attached hydrogens (tertiary/aromatic N) is 2. The Hall–Kier alpha value is -3.06. The van der Waals surface area contributed by atoms with Crippen LogP contribution >= 0.6 is 11.6 Å². The van der Waals surface area contributed by atoms with Gasteiger partial charge in [0, 0.05) is 43.2 Å². The highest BCUT2D eigenvalue weighted by atomic mass is 35.5. The number of hydrogen-bond donors (Lipinski definition) is 0. The fourth-order valence-electron chi connectivity index (χ4n) is 3.35. The fourth-order valence-corrected chi connectivity index (χ4v) is 3.58. The van der Waals surface area contributed by atoms with Crippen LogP contribution in [0.2, 0.25) is 5.02 Å². The van der Waals surface area contributed by atoms with Crippen molar-refractivity contribution in [2.45, 2.75) is 19.8 Å². The number of benzene rings is 2. The van der Waals surface area contributed by atoms with Crippen molar-refractivity contribution in [1.82, 2.24) is 9.80 Å². The lowest BCUT2D eigenvalue weighted by atomic mass is 10.1. The van der Waals surface area contributed by atoms with E-state index in [-0.39, 0.29) is 18.4 Å². The molecule has 1 aliphatic rings. The first kappa shape index (κ1) is 22.6. The second-order valence-corrected chi connectivity index (χ2v) is 7.48. The molecule has 0 aliphatic carbocycles. The van der Waals surface area contributed by atoms with E-state index in [1.807, 2.05) is 24.3 Å². The fraction of sp³-hybridized carbons (Fsp3) is 0.348. The van der Waals surface area contributed by atoms with Crippen LogP contribution in [0.5, 0.6) is 5.75 Å².